The third kappa shape index (κ3) is 3.13. The molecule has 0 saturated heterocycles. The lowest BCUT2D eigenvalue weighted by atomic mass is 9.64. The lowest BCUT2D eigenvalue weighted by molar-refractivity contribution is -0.393. The van der Waals surface area contributed by atoms with Gasteiger partial charge in [0.15, 0.2) is 0 Å². The van der Waals surface area contributed by atoms with Crippen molar-refractivity contribution in [3.63, 3.8) is 0 Å². The van der Waals surface area contributed by atoms with Gasteiger partial charge in [0.1, 0.15) is 5.69 Å². The molecule has 0 amide bonds. The van der Waals surface area contributed by atoms with Crippen LogP contribution in [0.2, 0.25) is 0 Å². The molecule has 7 atom stereocenters. The van der Waals surface area contributed by atoms with Crippen LogP contribution < -0.4 is 5.43 Å². The highest BCUT2D eigenvalue weighted by molar-refractivity contribution is 5.92. The molecule has 0 radical (unpaired) electrons. The Morgan fingerprint density at radius 2 is 1.71 bits per heavy atom. The zero-order valence-electron chi connectivity index (χ0n) is 20.8. The highest BCUT2D eigenvalue weighted by atomic mass is 16.6. The van der Waals surface area contributed by atoms with E-state index in [1.807, 2.05) is 0 Å². The van der Waals surface area contributed by atoms with Gasteiger partial charge in [0.2, 0.25) is 0 Å². The Kier molecular flexibility index (Phi) is 5.12. The second kappa shape index (κ2) is 7.49. The molecule has 1 N–H and O–H groups in total. The van der Waals surface area contributed by atoms with Gasteiger partial charge in [-0.05, 0) is 84.5 Å². The van der Waals surface area contributed by atoms with Gasteiger partial charge >= 0.3 is 5.69 Å². The number of rotatable bonds is 4. The van der Waals surface area contributed by atoms with Crippen LogP contribution in [0.3, 0.4) is 0 Å². The zero-order chi connectivity index (χ0) is 24.6. The van der Waals surface area contributed by atoms with Crippen molar-refractivity contribution in [2.24, 2.45) is 50.9 Å². The number of hydrogen-bond acceptors (Lipinski definition) is 6. The van der Waals surface area contributed by atoms with E-state index in [9.17, 15) is 20.2 Å². The van der Waals surface area contributed by atoms with Gasteiger partial charge < -0.3 is 0 Å². The first kappa shape index (κ1) is 23.2. The molecule has 5 rings (SSSR count). The van der Waals surface area contributed by atoms with E-state index in [-0.39, 0.29) is 27.9 Å². The predicted molar refractivity (Wildman–Crippen MR) is 132 cm³/mol. The fourth-order valence-corrected chi connectivity index (χ4v) is 9.11. The molecule has 34 heavy (non-hydrogen) atoms. The molecule has 0 aromatic heterocycles. The van der Waals surface area contributed by atoms with Crippen LogP contribution in [0, 0.1) is 66.1 Å². The van der Waals surface area contributed by atoms with Crippen molar-refractivity contribution < 1.29 is 9.85 Å². The van der Waals surface area contributed by atoms with Crippen molar-refractivity contribution >= 4 is 22.8 Å². The van der Waals surface area contributed by atoms with Crippen LogP contribution in [-0.4, -0.2) is 15.6 Å². The van der Waals surface area contributed by atoms with E-state index in [0.29, 0.717) is 35.0 Å². The quantitative estimate of drug-likeness (QED) is 0.385. The van der Waals surface area contributed by atoms with Crippen LogP contribution in [0.15, 0.2) is 23.3 Å². The maximum atomic E-state index is 11.6. The summed E-state index contributed by atoms with van der Waals surface area (Å²) in [5.41, 5.74) is 4.55. The standard InChI is InChI=1S/C26H36N4O4/c1-15-6-7-16(2)26(15)14-20(22-18(26)13-25(5)11-10-24(3,4)23(22)25)28-27-19-9-8-17(29(31)32)12-21(19)30(33)34/h8-9,12,15-16,18,22-23,27H,6-7,10-11,13-14H2,1-5H3/b28-20+/t15-,16+,18-,22+,23-,25-,26?/m1/s1. The number of nitrogens with one attached hydrogen (secondary N) is 1. The highest BCUT2D eigenvalue weighted by Gasteiger charge is 2.70. The maximum Gasteiger partial charge on any atom is 0.301 e. The summed E-state index contributed by atoms with van der Waals surface area (Å²) in [7, 11) is 0. The Labute approximate surface area is 200 Å². The van der Waals surface area contributed by atoms with Crippen LogP contribution in [-0.2, 0) is 0 Å². The molecule has 4 fully saturated rings. The Hall–Kier alpha value is -2.51. The summed E-state index contributed by atoms with van der Waals surface area (Å²) in [5, 5.41) is 27.6. The second-order valence-electron chi connectivity index (χ2n) is 12.6. The summed E-state index contributed by atoms with van der Waals surface area (Å²) in [4.78, 5) is 21.6. The normalized spacial score (nSPS) is 41.1. The van der Waals surface area contributed by atoms with Crippen molar-refractivity contribution in [1.82, 2.24) is 0 Å². The fourth-order valence-electron chi connectivity index (χ4n) is 9.11. The van der Waals surface area contributed by atoms with Crippen molar-refractivity contribution in [2.45, 2.75) is 73.1 Å². The van der Waals surface area contributed by atoms with E-state index in [1.165, 1.54) is 44.2 Å². The van der Waals surface area contributed by atoms with Crippen molar-refractivity contribution in [1.29, 1.82) is 0 Å². The maximum absolute atomic E-state index is 11.6. The number of hydrogen-bond donors (Lipinski definition) is 1. The number of nitro benzene ring substituents is 2. The first-order valence-corrected chi connectivity index (χ1v) is 12.7. The number of nitrogens with zero attached hydrogens (tertiary/aromatic N) is 3. The molecule has 8 nitrogen and oxygen atoms in total. The number of anilines is 1. The molecule has 184 valence electrons. The Bertz CT molecular complexity index is 1070. The first-order valence-electron chi connectivity index (χ1n) is 12.7. The van der Waals surface area contributed by atoms with Gasteiger partial charge in [-0.15, -0.1) is 0 Å². The molecule has 1 aromatic carbocycles. The predicted octanol–water partition coefficient (Wildman–Crippen LogP) is 6.81. The molecule has 1 aromatic rings. The third-order valence-corrected chi connectivity index (χ3v) is 10.6. The lowest BCUT2D eigenvalue weighted by Crippen LogP contribution is -2.35. The monoisotopic (exact) mass is 468 g/mol. The minimum Gasteiger partial charge on any atom is -0.272 e. The number of hydrazone groups is 1. The Morgan fingerprint density at radius 3 is 2.32 bits per heavy atom. The number of fused-ring (bicyclic) bond motifs is 4. The van der Waals surface area contributed by atoms with Gasteiger partial charge in [-0.1, -0.05) is 34.6 Å². The highest BCUT2D eigenvalue weighted by Crippen LogP contribution is 2.75. The first-order chi connectivity index (χ1) is 15.9. The van der Waals surface area contributed by atoms with E-state index < -0.39 is 9.85 Å². The summed E-state index contributed by atoms with van der Waals surface area (Å²) in [6, 6.07) is 3.71. The molecule has 1 spiro atoms. The van der Waals surface area contributed by atoms with Crippen LogP contribution >= 0.6 is 0 Å². The Morgan fingerprint density at radius 1 is 1.03 bits per heavy atom. The molecule has 0 heterocycles. The van der Waals surface area contributed by atoms with Crippen molar-refractivity contribution in [2.75, 3.05) is 5.43 Å². The SMILES string of the molecule is C[C@@H]1CC[C@H](C)C12C/C(=N\Nc1ccc([N+](=O)[O-])cc1[N+](=O)[O-])[C@@H]1[C@H]2C[C@@]2(C)CCC(C)(C)[C@@H]12. The minimum absolute atomic E-state index is 0.208. The van der Waals surface area contributed by atoms with Gasteiger partial charge in [0.05, 0.1) is 15.9 Å². The summed E-state index contributed by atoms with van der Waals surface area (Å²) >= 11 is 0. The van der Waals surface area contributed by atoms with Gasteiger partial charge in [-0.25, -0.2) is 0 Å². The molecule has 8 heteroatoms. The zero-order valence-corrected chi connectivity index (χ0v) is 20.8. The molecule has 4 aliphatic carbocycles. The summed E-state index contributed by atoms with van der Waals surface area (Å²) in [6.45, 7) is 12.1. The molecule has 4 saturated carbocycles. The van der Waals surface area contributed by atoms with Crippen molar-refractivity contribution in [3.8, 4) is 0 Å². The average Bonchev–Trinajstić information content (AvgIpc) is 3.41. The number of benzene rings is 1. The van der Waals surface area contributed by atoms with E-state index in [2.05, 4.69) is 40.0 Å². The smallest absolute Gasteiger partial charge is 0.272 e. The molecular formula is C26H36N4O4. The summed E-state index contributed by atoms with van der Waals surface area (Å²) in [5.74, 6) is 2.82. The van der Waals surface area contributed by atoms with E-state index in [0.717, 1.165) is 18.2 Å². The fraction of sp³-hybridized carbons (Fsp3) is 0.731. The Balaban J connectivity index is 1.56. The van der Waals surface area contributed by atoms with Crippen molar-refractivity contribution in [3.05, 3.63) is 38.4 Å². The van der Waals surface area contributed by atoms with Crippen LogP contribution in [0.25, 0.3) is 0 Å². The molecule has 0 bridgehead atoms. The van der Waals surface area contributed by atoms with Gasteiger partial charge in [0, 0.05) is 17.7 Å². The van der Waals surface area contributed by atoms with Gasteiger partial charge in [0.25, 0.3) is 5.69 Å². The number of non-ortho nitro benzene ring substituents is 1. The molecular weight excluding hydrogens is 432 g/mol. The summed E-state index contributed by atoms with van der Waals surface area (Å²) < 4.78 is 0. The van der Waals surface area contributed by atoms with Crippen LogP contribution in [0.1, 0.15) is 73.1 Å². The largest absolute Gasteiger partial charge is 0.301 e. The number of nitro groups is 2. The average molecular weight is 469 g/mol. The van der Waals surface area contributed by atoms with Crippen LogP contribution in [0.5, 0.6) is 0 Å². The van der Waals surface area contributed by atoms with E-state index in [4.69, 9.17) is 5.10 Å². The van der Waals surface area contributed by atoms with E-state index >= 15 is 0 Å². The van der Waals surface area contributed by atoms with Gasteiger partial charge in [-0.2, -0.15) is 5.10 Å². The minimum atomic E-state index is -0.613. The molecule has 1 unspecified atom stereocenters. The third-order valence-electron chi connectivity index (χ3n) is 10.6. The molecule has 4 aliphatic rings. The second-order valence-corrected chi connectivity index (χ2v) is 12.6. The van der Waals surface area contributed by atoms with E-state index in [1.54, 1.807) is 0 Å². The van der Waals surface area contributed by atoms with Crippen LogP contribution in [0.4, 0.5) is 17.1 Å². The molecule has 0 aliphatic heterocycles. The summed E-state index contributed by atoms with van der Waals surface area (Å²) in [6.07, 6.45) is 7.18. The topological polar surface area (TPSA) is 111 Å². The van der Waals surface area contributed by atoms with Gasteiger partial charge in [-0.3, -0.25) is 25.7 Å². The lowest BCUT2D eigenvalue weighted by Gasteiger charge is -2.40.